The summed E-state index contributed by atoms with van der Waals surface area (Å²) in [7, 11) is 0. The van der Waals surface area contributed by atoms with E-state index in [1.807, 2.05) is 5.01 Å². The largest absolute Gasteiger partial charge is 0.285 e. The van der Waals surface area contributed by atoms with E-state index in [4.69, 9.17) is 0 Å². The van der Waals surface area contributed by atoms with Gasteiger partial charge in [0.1, 0.15) is 0 Å². The Morgan fingerprint density at radius 2 is 2.50 bits per heavy atom. The van der Waals surface area contributed by atoms with Crippen LogP contribution in [0.3, 0.4) is 0 Å². The highest BCUT2D eigenvalue weighted by molar-refractivity contribution is 5.86. The molecule has 0 saturated carbocycles. The first kappa shape index (κ1) is 9.26. The van der Waals surface area contributed by atoms with Crippen LogP contribution in [0.5, 0.6) is 0 Å². The van der Waals surface area contributed by atoms with Gasteiger partial charge in [-0.2, -0.15) is 0 Å². The van der Waals surface area contributed by atoms with Gasteiger partial charge in [-0.05, 0) is 24.8 Å². The minimum absolute atomic E-state index is 0.107. The van der Waals surface area contributed by atoms with Gasteiger partial charge in [-0.3, -0.25) is 10.2 Å². The highest BCUT2D eigenvalue weighted by Gasteiger charge is 2.16. The smallest absolute Gasteiger partial charge is 0.257 e. The van der Waals surface area contributed by atoms with Gasteiger partial charge >= 0.3 is 0 Å². The van der Waals surface area contributed by atoms with E-state index in [-0.39, 0.29) is 5.91 Å². The van der Waals surface area contributed by atoms with Gasteiger partial charge in [0.05, 0.1) is 0 Å². The molecule has 1 amide bonds. The molecule has 1 atom stereocenters. The van der Waals surface area contributed by atoms with Crippen LogP contribution in [0.2, 0.25) is 0 Å². The van der Waals surface area contributed by atoms with Crippen molar-refractivity contribution in [2.75, 3.05) is 13.1 Å². The van der Waals surface area contributed by atoms with Crippen LogP contribution in [0.4, 0.5) is 0 Å². The second-order valence-corrected chi connectivity index (χ2v) is 3.37. The van der Waals surface area contributed by atoms with E-state index < -0.39 is 0 Å². The fourth-order valence-electron chi connectivity index (χ4n) is 1.49. The monoisotopic (exact) mass is 168 g/mol. The molecule has 12 heavy (non-hydrogen) atoms. The molecule has 1 N–H and O–H groups in total. The van der Waals surface area contributed by atoms with Crippen LogP contribution in [0.15, 0.2) is 12.7 Å². The highest BCUT2D eigenvalue weighted by Crippen LogP contribution is 2.13. The molecule has 68 valence electrons. The predicted molar refractivity (Wildman–Crippen MR) is 48.3 cm³/mol. The average molecular weight is 168 g/mol. The van der Waals surface area contributed by atoms with E-state index in [1.54, 1.807) is 0 Å². The quantitative estimate of drug-likeness (QED) is 0.622. The molecule has 0 aliphatic carbocycles. The maximum Gasteiger partial charge on any atom is 0.257 e. The third kappa shape index (κ3) is 2.66. The van der Waals surface area contributed by atoms with E-state index in [1.165, 1.54) is 18.9 Å². The van der Waals surface area contributed by atoms with Crippen LogP contribution >= 0.6 is 0 Å². The lowest BCUT2D eigenvalue weighted by Crippen LogP contribution is -2.46. The maximum absolute atomic E-state index is 10.9. The summed E-state index contributed by atoms with van der Waals surface area (Å²) in [5, 5.41) is 1.97. The maximum atomic E-state index is 10.9. The molecular formula is C9H16N2O. The van der Waals surface area contributed by atoms with Gasteiger partial charge in [0.15, 0.2) is 0 Å². The number of hydrazine groups is 1. The number of rotatable bonds is 2. The Bertz CT molecular complexity index is 179. The van der Waals surface area contributed by atoms with E-state index in [9.17, 15) is 4.79 Å². The molecule has 1 aliphatic heterocycles. The van der Waals surface area contributed by atoms with Crippen molar-refractivity contribution < 1.29 is 4.79 Å². The molecule has 3 heteroatoms. The number of nitrogens with zero attached hydrogens (tertiary/aromatic N) is 1. The molecule has 1 heterocycles. The average Bonchev–Trinajstić information content (AvgIpc) is 2.04. The molecule has 0 radical (unpaired) electrons. The number of hydrogen-bond donors (Lipinski definition) is 1. The van der Waals surface area contributed by atoms with Crippen LogP contribution in [-0.4, -0.2) is 24.0 Å². The van der Waals surface area contributed by atoms with Gasteiger partial charge < -0.3 is 0 Å². The third-order valence-corrected chi connectivity index (χ3v) is 2.11. The third-order valence-electron chi connectivity index (χ3n) is 2.11. The summed E-state index contributed by atoms with van der Waals surface area (Å²) in [5.74, 6) is 0.577. The normalized spacial score (nSPS) is 24.9. The molecule has 0 bridgehead atoms. The fourth-order valence-corrected chi connectivity index (χ4v) is 1.49. The first-order valence-electron chi connectivity index (χ1n) is 4.40. The number of carbonyl (C=O) groups excluding carboxylic acids is 1. The summed E-state index contributed by atoms with van der Waals surface area (Å²) in [6.45, 7) is 7.53. The Hall–Kier alpha value is -0.830. The van der Waals surface area contributed by atoms with Gasteiger partial charge in [0.2, 0.25) is 0 Å². The number of piperidine rings is 1. The van der Waals surface area contributed by atoms with Crippen molar-refractivity contribution in [1.82, 2.24) is 10.4 Å². The Labute approximate surface area is 73.4 Å². The topological polar surface area (TPSA) is 32.3 Å². The van der Waals surface area contributed by atoms with E-state index in [2.05, 4.69) is 18.9 Å². The Morgan fingerprint density at radius 1 is 1.75 bits per heavy atom. The van der Waals surface area contributed by atoms with Crippen LogP contribution < -0.4 is 5.43 Å². The molecule has 1 rings (SSSR count). The van der Waals surface area contributed by atoms with E-state index in [0.717, 1.165) is 13.1 Å². The molecule has 1 fully saturated rings. The molecular weight excluding hydrogens is 152 g/mol. The number of hydrogen-bond acceptors (Lipinski definition) is 2. The zero-order chi connectivity index (χ0) is 8.97. The minimum atomic E-state index is -0.107. The van der Waals surface area contributed by atoms with Crippen LogP contribution in [-0.2, 0) is 4.79 Å². The second-order valence-electron chi connectivity index (χ2n) is 3.37. The van der Waals surface area contributed by atoms with Crippen molar-refractivity contribution in [3.63, 3.8) is 0 Å². The van der Waals surface area contributed by atoms with Crippen molar-refractivity contribution in [2.45, 2.75) is 19.8 Å². The van der Waals surface area contributed by atoms with Crippen molar-refractivity contribution in [3.05, 3.63) is 12.7 Å². The van der Waals surface area contributed by atoms with Crippen LogP contribution in [0.1, 0.15) is 19.8 Å². The Kier molecular flexibility index (Phi) is 3.29. The summed E-state index contributed by atoms with van der Waals surface area (Å²) in [6.07, 6.45) is 3.73. The standard InChI is InChI=1S/C9H16N2O/c1-3-9(12)10-11-6-4-5-8(2)7-11/h3,8H,1,4-7H2,2H3,(H,10,12). The summed E-state index contributed by atoms with van der Waals surface area (Å²) in [4.78, 5) is 10.9. The van der Waals surface area contributed by atoms with Crippen molar-refractivity contribution in [3.8, 4) is 0 Å². The highest BCUT2D eigenvalue weighted by atomic mass is 16.2. The SMILES string of the molecule is C=CC(=O)NN1CCCC(C)C1. The van der Waals surface area contributed by atoms with Crippen LogP contribution in [0, 0.1) is 5.92 Å². The molecule has 0 spiro atoms. The first-order valence-corrected chi connectivity index (χ1v) is 4.40. The van der Waals surface area contributed by atoms with Gasteiger partial charge in [-0.15, -0.1) is 0 Å². The summed E-state index contributed by atoms with van der Waals surface area (Å²) >= 11 is 0. The van der Waals surface area contributed by atoms with E-state index in [0.29, 0.717) is 5.92 Å². The molecule has 0 aromatic rings. The first-order chi connectivity index (χ1) is 5.72. The summed E-state index contributed by atoms with van der Waals surface area (Å²) in [5.41, 5.74) is 2.78. The van der Waals surface area contributed by atoms with Gasteiger partial charge in [-0.1, -0.05) is 13.5 Å². The van der Waals surface area contributed by atoms with Crippen molar-refractivity contribution in [2.24, 2.45) is 5.92 Å². The van der Waals surface area contributed by atoms with Crippen molar-refractivity contribution >= 4 is 5.91 Å². The van der Waals surface area contributed by atoms with Gasteiger partial charge in [-0.25, -0.2) is 5.01 Å². The molecule has 1 aliphatic rings. The Morgan fingerprint density at radius 3 is 3.08 bits per heavy atom. The molecule has 1 saturated heterocycles. The molecule has 0 aromatic carbocycles. The lowest BCUT2D eigenvalue weighted by Gasteiger charge is -2.30. The lowest BCUT2D eigenvalue weighted by atomic mass is 10.0. The number of nitrogens with one attached hydrogen (secondary N) is 1. The summed E-state index contributed by atoms with van der Waals surface area (Å²) in [6, 6.07) is 0. The predicted octanol–water partition coefficient (Wildman–Crippen LogP) is 0.935. The zero-order valence-corrected chi connectivity index (χ0v) is 7.55. The zero-order valence-electron chi connectivity index (χ0n) is 7.55. The minimum Gasteiger partial charge on any atom is -0.285 e. The molecule has 3 nitrogen and oxygen atoms in total. The number of amides is 1. The van der Waals surface area contributed by atoms with Crippen LogP contribution in [0.25, 0.3) is 0 Å². The van der Waals surface area contributed by atoms with Gasteiger partial charge in [0.25, 0.3) is 5.91 Å². The lowest BCUT2D eigenvalue weighted by molar-refractivity contribution is -0.121. The number of carbonyl (C=O) groups is 1. The Balaban J connectivity index is 2.31. The fraction of sp³-hybridized carbons (Fsp3) is 0.667. The van der Waals surface area contributed by atoms with E-state index >= 15 is 0 Å². The van der Waals surface area contributed by atoms with Crippen molar-refractivity contribution in [1.29, 1.82) is 0 Å². The molecule has 0 aromatic heterocycles. The second kappa shape index (κ2) is 4.26. The van der Waals surface area contributed by atoms with Gasteiger partial charge in [0, 0.05) is 13.1 Å². The summed E-state index contributed by atoms with van der Waals surface area (Å²) < 4.78 is 0. The molecule has 1 unspecified atom stereocenters.